The first-order valence-corrected chi connectivity index (χ1v) is 5.99. The molecule has 0 aliphatic rings. The Morgan fingerprint density at radius 1 is 1.47 bits per heavy atom. The Morgan fingerprint density at radius 2 is 2.13 bits per heavy atom. The number of esters is 1. The molecule has 0 aliphatic heterocycles. The molecule has 0 radical (unpaired) electrons. The third-order valence-electron chi connectivity index (χ3n) is 2.30. The van der Waals surface area contributed by atoms with E-state index in [4.69, 9.17) is 4.74 Å². The maximum absolute atomic E-state index is 11.5. The number of ether oxygens (including phenoxy) is 1. The minimum atomic E-state index is -0.264. The van der Waals surface area contributed by atoms with Crippen LogP contribution >= 0.6 is 15.9 Å². The molecule has 0 N–H and O–H groups in total. The van der Waals surface area contributed by atoms with Crippen molar-refractivity contribution in [2.45, 2.75) is 25.1 Å². The first-order valence-electron chi connectivity index (χ1n) is 4.87. The molecule has 0 bridgehead atoms. The van der Waals surface area contributed by atoms with Crippen LogP contribution in [0, 0.1) is 0 Å². The zero-order chi connectivity index (χ0) is 11.4. The molecule has 0 aliphatic carbocycles. The molecule has 2 nitrogen and oxygen atoms in total. The molecule has 0 fully saturated rings. The quantitative estimate of drug-likeness (QED) is 0.621. The lowest BCUT2D eigenvalue weighted by atomic mass is 9.95. The van der Waals surface area contributed by atoms with Gasteiger partial charge in [-0.15, -0.1) is 0 Å². The fraction of sp³-hybridized carbons (Fsp3) is 0.417. The van der Waals surface area contributed by atoms with Crippen molar-refractivity contribution < 1.29 is 9.53 Å². The van der Waals surface area contributed by atoms with Crippen molar-refractivity contribution >= 4 is 21.9 Å². The summed E-state index contributed by atoms with van der Waals surface area (Å²) >= 11 is 3.40. The molecule has 0 heterocycles. The molecule has 1 aromatic carbocycles. The van der Waals surface area contributed by atoms with Crippen LogP contribution in [-0.4, -0.2) is 13.1 Å². The molecule has 15 heavy (non-hydrogen) atoms. The van der Waals surface area contributed by atoms with Crippen LogP contribution in [0.15, 0.2) is 18.2 Å². The van der Waals surface area contributed by atoms with E-state index in [1.165, 1.54) is 12.7 Å². The zero-order valence-corrected chi connectivity index (χ0v) is 10.8. The van der Waals surface area contributed by atoms with E-state index < -0.39 is 0 Å². The van der Waals surface area contributed by atoms with Gasteiger partial charge in [0.05, 0.1) is 12.7 Å². The number of carbonyl (C=O) groups is 1. The van der Waals surface area contributed by atoms with Gasteiger partial charge in [0.25, 0.3) is 0 Å². The average Bonchev–Trinajstić information content (AvgIpc) is 2.27. The van der Waals surface area contributed by atoms with Gasteiger partial charge >= 0.3 is 5.97 Å². The van der Waals surface area contributed by atoms with E-state index in [0.29, 0.717) is 11.5 Å². The second-order valence-electron chi connectivity index (χ2n) is 3.70. The van der Waals surface area contributed by atoms with Crippen molar-refractivity contribution in [2.24, 2.45) is 0 Å². The van der Waals surface area contributed by atoms with Crippen molar-refractivity contribution in [3.8, 4) is 0 Å². The van der Waals surface area contributed by atoms with Gasteiger partial charge in [-0.1, -0.05) is 41.9 Å². The maximum atomic E-state index is 11.5. The summed E-state index contributed by atoms with van der Waals surface area (Å²) in [5.74, 6) is 0.0536. The van der Waals surface area contributed by atoms with Crippen LogP contribution in [0.2, 0.25) is 0 Å². The molecule has 1 rings (SSSR count). The SMILES string of the molecule is COC(=O)c1ccc(CBr)cc1C(C)C. The van der Waals surface area contributed by atoms with Gasteiger partial charge in [-0.2, -0.15) is 0 Å². The molecule has 82 valence electrons. The first kappa shape index (κ1) is 12.2. The van der Waals surface area contributed by atoms with Crippen molar-refractivity contribution in [1.29, 1.82) is 0 Å². The molecule has 3 heteroatoms. The molecule has 0 aromatic heterocycles. The standard InChI is InChI=1S/C12H15BrO2/c1-8(2)11-6-9(7-13)4-5-10(11)12(14)15-3/h4-6,8H,7H2,1-3H3. The Balaban J connectivity index is 3.21. The van der Waals surface area contributed by atoms with E-state index in [2.05, 4.69) is 29.8 Å². The predicted octanol–water partition coefficient (Wildman–Crippen LogP) is 3.49. The summed E-state index contributed by atoms with van der Waals surface area (Å²) in [6.45, 7) is 4.14. The van der Waals surface area contributed by atoms with Crippen LogP contribution in [0.4, 0.5) is 0 Å². The second kappa shape index (κ2) is 5.31. The minimum Gasteiger partial charge on any atom is -0.465 e. The molecule has 0 saturated carbocycles. The number of benzene rings is 1. The smallest absolute Gasteiger partial charge is 0.338 e. The lowest BCUT2D eigenvalue weighted by Crippen LogP contribution is -2.07. The zero-order valence-electron chi connectivity index (χ0n) is 9.21. The lowest BCUT2D eigenvalue weighted by Gasteiger charge is -2.12. The van der Waals surface area contributed by atoms with E-state index in [0.717, 1.165) is 10.9 Å². The van der Waals surface area contributed by atoms with Crippen molar-refractivity contribution in [3.05, 3.63) is 34.9 Å². The number of rotatable bonds is 3. The van der Waals surface area contributed by atoms with E-state index in [9.17, 15) is 4.79 Å². The van der Waals surface area contributed by atoms with Gasteiger partial charge in [0.2, 0.25) is 0 Å². The number of hydrogen-bond donors (Lipinski definition) is 0. The number of hydrogen-bond acceptors (Lipinski definition) is 2. The molecule has 0 saturated heterocycles. The van der Waals surface area contributed by atoms with Gasteiger partial charge in [-0.25, -0.2) is 4.79 Å². The summed E-state index contributed by atoms with van der Waals surface area (Å²) in [4.78, 5) is 11.5. The second-order valence-corrected chi connectivity index (χ2v) is 4.26. The highest BCUT2D eigenvalue weighted by Gasteiger charge is 2.14. The Morgan fingerprint density at radius 3 is 2.60 bits per heavy atom. The molecule has 0 atom stereocenters. The van der Waals surface area contributed by atoms with Gasteiger partial charge in [0.1, 0.15) is 0 Å². The normalized spacial score (nSPS) is 10.5. The molecule has 0 unspecified atom stereocenters. The topological polar surface area (TPSA) is 26.3 Å². The minimum absolute atomic E-state index is 0.264. The highest BCUT2D eigenvalue weighted by atomic mass is 79.9. The Hall–Kier alpha value is -0.830. The first-order chi connectivity index (χ1) is 7.10. The van der Waals surface area contributed by atoms with Crippen LogP contribution in [-0.2, 0) is 10.1 Å². The number of halogens is 1. The van der Waals surface area contributed by atoms with Crippen molar-refractivity contribution in [3.63, 3.8) is 0 Å². The van der Waals surface area contributed by atoms with Gasteiger partial charge in [-0.3, -0.25) is 0 Å². The fourth-order valence-corrected chi connectivity index (χ4v) is 1.82. The van der Waals surface area contributed by atoms with Crippen molar-refractivity contribution in [2.75, 3.05) is 7.11 Å². The van der Waals surface area contributed by atoms with Crippen molar-refractivity contribution in [1.82, 2.24) is 0 Å². The van der Waals surface area contributed by atoms with Crippen LogP contribution in [0.1, 0.15) is 41.3 Å². The lowest BCUT2D eigenvalue weighted by molar-refractivity contribution is 0.0599. The predicted molar refractivity (Wildman–Crippen MR) is 64.5 cm³/mol. The summed E-state index contributed by atoms with van der Waals surface area (Å²) in [5.41, 5.74) is 2.88. The van der Waals surface area contributed by atoms with Crippen LogP contribution in [0.5, 0.6) is 0 Å². The third kappa shape index (κ3) is 2.81. The molecule has 1 aromatic rings. The summed E-state index contributed by atoms with van der Waals surface area (Å²) < 4.78 is 4.75. The van der Waals surface area contributed by atoms with E-state index >= 15 is 0 Å². The van der Waals surface area contributed by atoms with E-state index in [-0.39, 0.29) is 5.97 Å². The summed E-state index contributed by atoms with van der Waals surface area (Å²) in [6, 6.07) is 5.82. The van der Waals surface area contributed by atoms with Gasteiger partial charge in [0.15, 0.2) is 0 Å². The van der Waals surface area contributed by atoms with Gasteiger partial charge < -0.3 is 4.74 Å². The molecule has 0 spiro atoms. The summed E-state index contributed by atoms with van der Waals surface area (Å²) in [5, 5.41) is 0.800. The monoisotopic (exact) mass is 270 g/mol. The molecular formula is C12H15BrO2. The Bertz CT molecular complexity index is 359. The summed E-state index contributed by atoms with van der Waals surface area (Å²) in [6.07, 6.45) is 0. The van der Waals surface area contributed by atoms with E-state index in [1.807, 2.05) is 18.2 Å². The Kier molecular flexibility index (Phi) is 4.33. The van der Waals surface area contributed by atoms with Gasteiger partial charge in [0, 0.05) is 5.33 Å². The Labute approximate surface area is 98.8 Å². The highest BCUT2D eigenvalue weighted by Crippen LogP contribution is 2.22. The van der Waals surface area contributed by atoms with E-state index in [1.54, 1.807) is 0 Å². The van der Waals surface area contributed by atoms with Crippen LogP contribution < -0.4 is 0 Å². The number of carbonyl (C=O) groups excluding carboxylic acids is 1. The van der Waals surface area contributed by atoms with Crippen LogP contribution in [0.3, 0.4) is 0 Å². The van der Waals surface area contributed by atoms with Gasteiger partial charge in [-0.05, 0) is 23.1 Å². The number of methoxy groups -OCH3 is 1. The fourth-order valence-electron chi connectivity index (χ4n) is 1.47. The maximum Gasteiger partial charge on any atom is 0.338 e. The third-order valence-corrected chi connectivity index (χ3v) is 2.95. The average molecular weight is 271 g/mol. The van der Waals surface area contributed by atoms with Crippen LogP contribution in [0.25, 0.3) is 0 Å². The summed E-state index contributed by atoms with van der Waals surface area (Å²) in [7, 11) is 1.41. The molecular weight excluding hydrogens is 256 g/mol. The molecule has 0 amide bonds. The largest absolute Gasteiger partial charge is 0.465 e. The number of alkyl halides is 1. The highest BCUT2D eigenvalue weighted by molar-refractivity contribution is 9.08.